The summed E-state index contributed by atoms with van der Waals surface area (Å²) in [6.07, 6.45) is 2.69. The predicted molar refractivity (Wildman–Crippen MR) is 71.9 cm³/mol. The van der Waals surface area contributed by atoms with E-state index in [1.54, 1.807) is 17.0 Å². The lowest BCUT2D eigenvalue weighted by atomic mass is 9.91. The van der Waals surface area contributed by atoms with E-state index in [-0.39, 0.29) is 5.91 Å². The van der Waals surface area contributed by atoms with Gasteiger partial charge in [0.1, 0.15) is 0 Å². The van der Waals surface area contributed by atoms with Crippen LogP contribution in [0.4, 0.5) is 0 Å². The van der Waals surface area contributed by atoms with Crippen LogP contribution < -0.4 is 5.32 Å². The normalized spacial score (nSPS) is 18.8. The second-order valence-electron chi connectivity index (χ2n) is 5.53. The molecule has 1 aliphatic rings. The van der Waals surface area contributed by atoms with E-state index in [9.17, 15) is 9.90 Å². The maximum absolute atomic E-state index is 12.1. The molecule has 1 saturated heterocycles. The maximum atomic E-state index is 12.1. The fourth-order valence-corrected chi connectivity index (χ4v) is 2.25. The Morgan fingerprint density at radius 1 is 1.53 bits per heavy atom. The second kappa shape index (κ2) is 5.75. The Morgan fingerprint density at radius 3 is 2.74 bits per heavy atom. The van der Waals surface area contributed by atoms with Gasteiger partial charge in [0.15, 0.2) is 5.76 Å². The molecular weight excluding hydrogens is 244 g/mol. The molecule has 0 radical (unpaired) electrons. The standard InChI is InChI=1S/C14H22N2O3/c1-11(2)15-10-14(18)5-7-16(8-6-14)13(17)12-4-3-9-19-12/h3-4,9,11,15,18H,5-8,10H2,1-2H3. The van der Waals surface area contributed by atoms with Crippen LogP contribution in [0.3, 0.4) is 0 Å². The molecule has 2 rings (SSSR count). The number of hydrogen-bond acceptors (Lipinski definition) is 4. The summed E-state index contributed by atoms with van der Waals surface area (Å²) in [7, 11) is 0. The third-order valence-corrected chi connectivity index (χ3v) is 3.55. The minimum absolute atomic E-state index is 0.0936. The van der Waals surface area contributed by atoms with Gasteiger partial charge in [-0.3, -0.25) is 4.79 Å². The van der Waals surface area contributed by atoms with E-state index in [0.717, 1.165) is 0 Å². The molecule has 106 valence electrons. The molecule has 19 heavy (non-hydrogen) atoms. The van der Waals surface area contributed by atoms with Crippen molar-refractivity contribution in [1.82, 2.24) is 10.2 Å². The number of carbonyl (C=O) groups excluding carboxylic acids is 1. The SMILES string of the molecule is CC(C)NCC1(O)CCN(C(=O)c2ccco2)CC1. The summed E-state index contributed by atoms with van der Waals surface area (Å²) in [5.74, 6) is 0.273. The fourth-order valence-electron chi connectivity index (χ4n) is 2.25. The van der Waals surface area contributed by atoms with Gasteiger partial charge >= 0.3 is 0 Å². The topological polar surface area (TPSA) is 65.7 Å². The van der Waals surface area contributed by atoms with Crippen molar-refractivity contribution in [3.8, 4) is 0 Å². The number of piperidine rings is 1. The summed E-state index contributed by atoms with van der Waals surface area (Å²) in [5, 5.41) is 13.7. The highest BCUT2D eigenvalue weighted by atomic mass is 16.3. The molecular formula is C14H22N2O3. The molecule has 2 N–H and O–H groups in total. The number of amides is 1. The van der Waals surface area contributed by atoms with E-state index >= 15 is 0 Å². The Bertz CT molecular complexity index is 406. The van der Waals surface area contributed by atoms with Crippen molar-refractivity contribution >= 4 is 5.91 Å². The lowest BCUT2D eigenvalue weighted by molar-refractivity contribution is -0.0174. The van der Waals surface area contributed by atoms with Crippen molar-refractivity contribution in [2.24, 2.45) is 0 Å². The van der Waals surface area contributed by atoms with Gasteiger partial charge in [-0.15, -0.1) is 0 Å². The Balaban J connectivity index is 1.86. The smallest absolute Gasteiger partial charge is 0.289 e. The first-order valence-corrected chi connectivity index (χ1v) is 6.79. The number of carbonyl (C=O) groups is 1. The molecule has 0 spiro atoms. The highest BCUT2D eigenvalue weighted by Gasteiger charge is 2.34. The van der Waals surface area contributed by atoms with Gasteiger partial charge in [0.25, 0.3) is 5.91 Å². The van der Waals surface area contributed by atoms with Crippen LogP contribution in [0, 0.1) is 0 Å². The number of furan rings is 1. The Labute approximate surface area is 113 Å². The van der Waals surface area contributed by atoms with Crippen LogP contribution in [0.5, 0.6) is 0 Å². The number of nitrogens with zero attached hydrogens (tertiary/aromatic N) is 1. The van der Waals surface area contributed by atoms with Crippen LogP contribution >= 0.6 is 0 Å². The first kappa shape index (κ1) is 14.1. The summed E-state index contributed by atoms with van der Waals surface area (Å²) >= 11 is 0. The summed E-state index contributed by atoms with van der Waals surface area (Å²) < 4.78 is 5.11. The first-order valence-electron chi connectivity index (χ1n) is 6.79. The molecule has 1 aromatic heterocycles. The number of nitrogens with one attached hydrogen (secondary N) is 1. The third kappa shape index (κ3) is 3.58. The zero-order chi connectivity index (χ0) is 13.9. The minimum Gasteiger partial charge on any atom is -0.459 e. The van der Waals surface area contributed by atoms with E-state index in [1.165, 1.54) is 6.26 Å². The largest absolute Gasteiger partial charge is 0.459 e. The number of hydrogen-bond donors (Lipinski definition) is 2. The van der Waals surface area contributed by atoms with Crippen molar-refractivity contribution in [3.63, 3.8) is 0 Å². The van der Waals surface area contributed by atoms with E-state index < -0.39 is 5.60 Å². The lowest BCUT2D eigenvalue weighted by Gasteiger charge is -2.38. The monoisotopic (exact) mass is 266 g/mol. The van der Waals surface area contributed by atoms with Crippen molar-refractivity contribution in [1.29, 1.82) is 0 Å². The van der Waals surface area contributed by atoms with Gasteiger partial charge in [0.05, 0.1) is 11.9 Å². The van der Waals surface area contributed by atoms with Crippen LogP contribution in [0.2, 0.25) is 0 Å². The van der Waals surface area contributed by atoms with Gasteiger partial charge in [-0.1, -0.05) is 13.8 Å². The summed E-state index contributed by atoms with van der Waals surface area (Å²) in [6, 6.07) is 3.73. The molecule has 1 aliphatic heterocycles. The Morgan fingerprint density at radius 2 is 2.21 bits per heavy atom. The Kier molecular flexibility index (Phi) is 4.27. The number of likely N-dealkylation sites (tertiary alicyclic amines) is 1. The van der Waals surface area contributed by atoms with E-state index in [2.05, 4.69) is 19.2 Å². The zero-order valence-electron chi connectivity index (χ0n) is 11.6. The molecule has 1 amide bonds. The van der Waals surface area contributed by atoms with Crippen LogP contribution in [0.25, 0.3) is 0 Å². The summed E-state index contributed by atoms with van der Waals surface area (Å²) in [5.41, 5.74) is -0.704. The molecule has 0 aromatic carbocycles. The number of aliphatic hydroxyl groups is 1. The highest BCUT2D eigenvalue weighted by Crippen LogP contribution is 2.23. The van der Waals surface area contributed by atoms with Crippen LogP contribution in [0.15, 0.2) is 22.8 Å². The molecule has 0 unspecified atom stereocenters. The lowest BCUT2D eigenvalue weighted by Crippen LogP contribution is -2.52. The highest BCUT2D eigenvalue weighted by molar-refractivity contribution is 5.91. The van der Waals surface area contributed by atoms with Crippen molar-refractivity contribution in [3.05, 3.63) is 24.2 Å². The van der Waals surface area contributed by atoms with Gasteiger partial charge in [-0.05, 0) is 25.0 Å². The molecule has 0 saturated carbocycles. The van der Waals surface area contributed by atoms with Gasteiger partial charge < -0.3 is 19.7 Å². The fraction of sp³-hybridized carbons (Fsp3) is 0.643. The average molecular weight is 266 g/mol. The minimum atomic E-state index is -0.704. The number of rotatable bonds is 4. The molecule has 1 aromatic rings. The molecule has 0 bridgehead atoms. The average Bonchev–Trinajstić information content (AvgIpc) is 2.91. The van der Waals surface area contributed by atoms with Crippen LogP contribution in [-0.4, -0.2) is 47.2 Å². The van der Waals surface area contributed by atoms with Gasteiger partial charge in [0.2, 0.25) is 0 Å². The molecule has 5 heteroatoms. The van der Waals surface area contributed by atoms with Crippen molar-refractivity contribution in [2.45, 2.75) is 38.3 Å². The second-order valence-corrected chi connectivity index (χ2v) is 5.53. The Hall–Kier alpha value is -1.33. The zero-order valence-corrected chi connectivity index (χ0v) is 11.6. The van der Waals surface area contributed by atoms with Crippen molar-refractivity contribution < 1.29 is 14.3 Å². The molecule has 5 nitrogen and oxygen atoms in total. The predicted octanol–water partition coefficient (Wildman–Crippen LogP) is 1.24. The van der Waals surface area contributed by atoms with E-state index in [1.807, 2.05) is 0 Å². The van der Waals surface area contributed by atoms with E-state index in [4.69, 9.17) is 4.42 Å². The van der Waals surface area contributed by atoms with Crippen molar-refractivity contribution in [2.75, 3.05) is 19.6 Å². The van der Waals surface area contributed by atoms with Crippen LogP contribution in [0.1, 0.15) is 37.2 Å². The molecule has 2 heterocycles. The van der Waals surface area contributed by atoms with Crippen LogP contribution in [-0.2, 0) is 0 Å². The molecule has 0 atom stereocenters. The van der Waals surface area contributed by atoms with Gasteiger partial charge in [0, 0.05) is 25.7 Å². The van der Waals surface area contributed by atoms with Gasteiger partial charge in [-0.2, -0.15) is 0 Å². The first-order chi connectivity index (χ1) is 9.00. The van der Waals surface area contributed by atoms with Gasteiger partial charge in [-0.25, -0.2) is 0 Å². The summed E-state index contributed by atoms with van der Waals surface area (Å²) in [6.45, 7) is 5.82. The molecule has 1 fully saturated rings. The van der Waals surface area contributed by atoms with E-state index in [0.29, 0.717) is 44.3 Å². The molecule has 0 aliphatic carbocycles. The maximum Gasteiger partial charge on any atom is 0.289 e. The summed E-state index contributed by atoms with van der Waals surface area (Å²) in [4.78, 5) is 13.8. The third-order valence-electron chi connectivity index (χ3n) is 3.55. The quantitative estimate of drug-likeness (QED) is 0.860.